The normalized spacial score (nSPS) is 6.56. The fraction of sp³-hybridized carbons (Fsp3) is 0. The molecule has 9 heavy (non-hydrogen) atoms. The van der Waals surface area contributed by atoms with E-state index in [-0.39, 0.29) is 125 Å². The van der Waals surface area contributed by atoms with Crippen LogP contribution in [0.2, 0.25) is 0 Å². The molecular formula is HoNdO4PSY+4. The molecule has 0 bridgehead atoms. The quantitative estimate of drug-likeness (QED) is 0.252. The molecule has 49 valence electrons. The fourth-order valence-corrected chi connectivity index (χ4v) is 0. The minimum atomic E-state index is -5.39. The molecule has 0 unspecified atom stereocenters. The summed E-state index contributed by atoms with van der Waals surface area (Å²) in [5.41, 5.74) is 0. The monoisotopic (exact) mass is 523 g/mol. The van der Waals surface area contributed by atoms with Gasteiger partial charge < -0.3 is 32.7 Å². The number of phosphoric acid groups is 1. The van der Waals surface area contributed by atoms with E-state index in [4.69, 9.17) is 19.2 Å². The van der Waals surface area contributed by atoms with E-state index in [1.54, 1.807) is 0 Å². The third kappa shape index (κ3) is 72.3. The number of hydrogen-bond donors (Lipinski definition) is 0. The molecule has 9 heteroatoms. The molecule has 0 saturated heterocycles. The van der Waals surface area contributed by atoms with E-state index in [0.717, 1.165) is 0 Å². The SMILES string of the molecule is O=P([O-])([O-])[O-].[Ho+3].[Nd+3].[S-2].[Y+3]. The molecule has 0 aromatic rings. The summed E-state index contributed by atoms with van der Waals surface area (Å²) in [6.45, 7) is 0. The maximum absolute atomic E-state index is 8.55. The zero-order valence-electron chi connectivity index (χ0n) is 3.87. The van der Waals surface area contributed by atoms with Crippen LogP contribution in [0.25, 0.3) is 0 Å². The predicted octanol–water partition coefficient (Wildman–Crippen LogP) is -2.83. The zero-order chi connectivity index (χ0) is 4.50. The molecule has 0 amide bonds. The first kappa shape index (κ1) is 29.2. The molecule has 0 N–H and O–H groups in total. The minimum absolute atomic E-state index is 0. The largest absolute Gasteiger partial charge is 3.00 e. The van der Waals surface area contributed by atoms with Gasteiger partial charge in [0.05, 0.1) is 0 Å². The van der Waals surface area contributed by atoms with E-state index in [1.165, 1.54) is 0 Å². The summed E-state index contributed by atoms with van der Waals surface area (Å²) in [6.07, 6.45) is 0. The van der Waals surface area contributed by atoms with Gasteiger partial charge in [-0.3, -0.25) is 0 Å². The molecule has 0 saturated carbocycles. The molecule has 0 aromatic heterocycles. The first-order valence-electron chi connectivity index (χ1n) is 0.730. The maximum atomic E-state index is 8.55. The fourth-order valence-electron chi connectivity index (χ4n) is 0. The topological polar surface area (TPSA) is 86.2 Å². The van der Waals surface area contributed by atoms with Crippen molar-refractivity contribution in [2.75, 3.05) is 0 Å². The van der Waals surface area contributed by atoms with Gasteiger partial charge in [0.25, 0.3) is 0 Å². The molecule has 0 aromatic carbocycles. The van der Waals surface area contributed by atoms with Crippen molar-refractivity contribution < 1.29 is 131 Å². The number of rotatable bonds is 0. The van der Waals surface area contributed by atoms with Crippen LogP contribution in [0.1, 0.15) is 0 Å². The van der Waals surface area contributed by atoms with E-state index in [2.05, 4.69) is 0 Å². The Morgan fingerprint density at radius 2 is 1.11 bits per heavy atom. The van der Waals surface area contributed by atoms with Crippen molar-refractivity contribution in [2.45, 2.75) is 0 Å². The molecule has 4 nitrogen and oxygen atoms in total. The Morgan fingerprint density at radius 1 is 1.11 bits per heavy atom. The van der Waals surface area contributed by atoms with Crippen molar-refractivity contribution >= 4 is 21.3 Å². The van der Waals surface area contributed by atoms with Gasteiger partial charge in [-0.2, -0.15) is 7.82 Å². The standard InChI is InChI=1S/Ho.Nd.H3O4P.S.Y/c;;1-5(2,3)4;;/h;;(H3,1,2,3,4);;/q2*+3;;-2;+3/p-3. The second-order valence-corrected chi connectivity index (χ2v) is 1.34. The van der Waals surface area contributed by atoms with Crippen LogP contribution < -0.4 is 14.7 Å². The van der Waals surface area contributed by atoms with Crippen LogP contribution in [-0.4, -0.2) is 0 Å². The summed E-state index contributed by atoms with van der Waals surface area (Å²) in [4.78, 5) is 25.6. The first-order valence-corrected chi connectivity index (χ1v) is 2.19. The average Bonchev–Trinajstić information content (AvgIpc) is 0.722. The van der Waals surface area contributed by atoms with Crippen LogP contribution in [0.15, 0.2) is 0 Å². The van der Waals surface area contributed by atoms with Gasteiger partial charge in [0.15, 0.2) is 0 Å². The third-order valence-corrected chi connectivity index (χ3v) is 0. The van der Waals surface area contributed by atoms with Gasteiger partial charge in [0, 0.05) is 0 Å². The van der Waals surface area contributed by atoms with Gasteiger partial charge in [-0.1, -0.05) is 0 Å². The zero-order valence-corrected chi connectivity index (χ0v) is 13.6. The molecular weight excluding hydrogens is 525 g/mol. The first-order chi connectivity index (χ1) is 2.00. The van der Waals surface area contributed by atoms with Gasteiger partial charge in [0.2, 0.25) is 0 Å². The summed E-state index contributed by atoms with van der Waals surface area (Å²) >= 11 is 0. The molecule has 0 aliphatic carbocycles. The summed E-state index contributed by atoms with van der Waals surface area (Å²) in [5, 5.41) is 0. The number of hydrogen-bond acceptors (Lipinski definition) is 4. The van der Waals surface area contributed by atoms with Crippen LogP contribution in [0.4, 0.5) is 0 Å². The van der Waals surface area contributed by atoms with Crippen molar-refractivity contribution in [3.63, 3.8) is 0 Å². The van der Waals surface area contributed by atoms with Crippen molar-refractivity contribution in [1.82, 2.24) is 0 Å². The Balaban J connectivity index is -0.0000000133. The molecule has 0 rings (SSSR count). The second-order valence-electron chi connectivity index (χ2n) is 0.447. The van der Waals surface area contributed by atoms with Crippen molar-refractivity contribution in [3.8, 4) is 0 Å². The Labute approximate surface area is 148 Å². The van der Waals surface area contributed by atoms with E-state index in [9.17, 15) is 0 Å². The van der Waals surface area contributed by atoms with Crippen LogP contribution in [-0.2, 0) is 50.8 Å². The average molecular weight is 525 g/mol. The molecule has 0 heterocycles. The molecule has 0 fully saturated rings. The summed E-state index contributed by atoms with van der Waals surface area (Å²) in [7, 11) is -5.39. The molecule has 1 radical (unpaired) electrons. The molecule has 0 spiro atoms. The maximum Gasteiger partial charge on any atom is 3.00 e. The molecule has 0 aliphatic heterocycles. The molecule has 0 aliphatic rings. The summed E-state index contributed by atoms with van der Waals surface area (Å²) in [6, 6.07) is 0. The Kier molecular flexibility index (Phi) is 47.7. The van der Waals surface area contributed by atoms with Crippen molar-refractivity contribution in [1.29, 1.82) is 0 Å². The van der Waals surface area contributed by atoms with E-state index in [0.29, 0.717) is 0 Å². The van der Waals surface area contributed by atoms with Crippen LogP contribution in [0.5, 0.6) is 0 Å². The van der Waals surface area contributed by atoms with Crippen molar-refractivity contribution in [3.05, 3.63) is 0 Å². The Hall–Kier alpha value is 4.17. The summed E-state index contributed by atoms with van der Waals surface area (Å²) in [5.74, 6) is 0. The molecule has 0 atom stereocenters. The van der Waals surface area contributed by atoms with Crippen LogP contribution in [0, 0.1) is 78.6 Å². The van der Waals surface area contributed by atoms with E-state index < -0.39 is 7.82 Å². The van der Waals surface area contributed by atoms with Gasteiger partial charge in [-0.15, -0.1) is 0 Å². The van der Waals surface area contributed by atoms with Gasteiger partial charge in [-0.05, 0) is 0 Å². The van der Waals surface area contributed by atoms with Gasteiger partial charge >= 0.3 is 111 Å². The van der Waals surface area contributed by atoms with Gasteiger partial charge in [-0.25, -0.2) is 0 Å². The van der Waals surface area contributed by atoms with Crippen LogP contribution >= 0.6 is 7.82 Å². The van der Waals surface area contributed by atoms with E-state index in [1.807, 2.05) is 0 Å². The smallest absolute Gasteiger partial charge is 2.00 e. The third-order valence-electron chi connectivity index (χ3n) is 0. The second kappa shape index (κ2) is 14.7. The van der Waals surface area contributed by atoms with Crippen molar-refractivity contribution in [2.24, 2.45) is 0 Å². The van der Waals surface area contributed by atoms with Crippen LogP contribution in [0.3, 0.4) is 0 Å². The minimum Gasteiger partial charge on any atom is -2.00 e. The Bertz CT molecular complexity index is 66.7. The Morgan fingerprint density at radius 3 is 1.11 bits per heavy atom. The summed E-state index contributed by atoms with van der Waals surface area (Å²) < 4.78 is 8.55. The van der Waals surface area contributed by atoms with E-state index >= 15 is 0 Å². The van der Waals surface area contributed by atoms with Gasteiger partial charge in [0.1, 0.15) is 0 Å². The predicted molar refractivity (Wildman–Crippen MR) is 15.0 cm³/mol.